The van der Waals surface area contributed by atoms with Gasteiger partial charge in [0.25, 0.3) is 0 Å². The van der Waals surface area contributed by atoms with Crippen molar-refractivity contribution in [3.63, 3.8) is 0 Å². The van der Waals surface area contributed by atoms with Gasteiger partial charge in [-0.25, -0.2) is 0 Å². The highest BCUT2D eigenvalue weighted by Crippen LogP contribution is 2.46. The number of phenolic OH excluding ortho intramolecular Hbond substituents is 3. The lowest BCUT2D eigenvalue weighted by Gasteiger charge is -2.16. The molecule has 0 fully saturated rings. The van der Waals surface area contributed by atoms with Crippen LogP contribution >= 0.6 is 0 Å². The van der Waals surface area contributed by atoms with Crippen LogP contribution in [-0.4, -0.2) is 36.6 Å². The quantitative estimate of drug-likeness (QED) is 0.213. The van der Waals surface area contributed by atoms with Crippen molar-refractivity contribution in [2.24, 2.45) is 0 Å². The summed E-state index contributed by atoms with van der Waals surface area (Å²) in [5, 5.41) is 31.6. The van der Waals surface area contributed by atoms with Crippen LogP contribution in [0.2, 0.25) is 0 Å². The number of aromatic hydroxyl groups is 3. The first kappa shape index (κ1) is 27.3. The van der Waals surface area contributed by atoms with Crippen molar-refractivity contribution in [1.29, 1.82) is 0 Å². The molecule has 0 unspecified atom stereocenters. The van der Waals surface area contributed by atoms with E-state index in [0.717, 1.165) is 0 Å². The summed E-state index contributed by atoms with van der Waals surface area (Å²) in [6.07, 6.45) is 0. The summed E-state index contributed by atoms with van der Waals surface area (Å²) in [5.41, 5.74) is 0.545. The van der Waals surface area contributed by atoms with Crippen molar-refractivity contribution in [3.8, 4) is 68.3 Å². The lowest BCUT2D eigenvalue weighted by Crippen LogP contribution is -2.04. The Kier molecular flexibility index (Phi) is 6.66. The molecule has 0 saturated carbocycles. The summed E-state index contributed by atoms with van der Waals surface area (Å²) in [7, 11) is 4.29. The number of phenols is 3. The van der Waals surface area contributed by atoms with Crippen molar-refractivity contribution < 1.29 is 38.4 Å². The minimum Gasteiger partial charge on any atom is -0.508 e. The van der Waals surface area contributed by atoms with Gasteiger partial charge >= 0.3 is 0 Å². The van der Waals surface area contributed by atoms with Gasteiger partial charge in [-0.15, -0.1) is 0 Å². The van der Waals surface area contributed by atoms with Crippen LogP contribution in [-0.2, 0) is 0 Å². The fourth-order valence-electron chi connectivity index (χ4n) is 5.02. The van der Waals surface area contributed by atoms with E-state index in [9.17, 15) is 24.9 Å². The second-order valence-corrected chi connectivity index (χ2v) is 9.61. The molecular formula is C33H24O10. The Balaban J connectivity index is 1.62. The van der Waals surface area contributed by atoms with Gasteiger partial charge in [0.15, 0.2) is 16.4 Å². The van der Waals surface area contributed by atoms with Gasteiger partial charge < -0.3 is 38.4 Å². The Hall–Kier alpha value is -5.90. The van der Waals surface area contributed by atoms with Crippen molar-refractivity contribution in [1.82, 2.24) is 0 Å². The van der Waals surface area contributed by atoms with Crippen LogP contribution in [0.5, 0.6) is 34.5 Å². The maximum atomic E-state index is 13.2. The van der Waals surface area contributed by atoms with Crippen LogP contribution < -0.4 is 25.1 Å². The van der Waals surface area contributed by atoms with Crippen LogP contribution in [0.4, 0.5) is 0 Å². The normalized spacial score (nSPS) is 11.1. The molecule has 0 aliphatic rings. The summed E-state index contributed by atoms with van der Waals surface area (Å²) in [6, 6.07) is 17.5. The van der Waals surface area contributed by atoms with E-state index in [0.29, 0.717) is 22.6 Å². The topological polar surface area (TPSA) is 149 Å². The smallest absolute Gasteiger partial charge is 0.197 e. The largest absolute Gasteiger partial charge is 0.508 e. The molecule has 10 nitrogen and oxygen atoms in total. The van der Waals surface area contributed by atoms with Crippen molar-refractivity contribution >= 4 is 21.9 Å². The highest BCUT2D eigenvalue weighted by molar-refractivity contribution is 6.01. The molecule has 6 rings (SSSR count). The molecule has 0 bridgehead atoms. The van der Waals surface area contributed by atoms with E-state index in [1.807, 2.05) is 0 Å². The first-order valence-electron chi connectivity index (χ1n) is 12.9. The lowest BCUT2D eigenvalue weighted by atomic mass is 9.96. The first-order chi connectivity index (χ1) is 20.7. The zero-order chi connectivity index (χ0) is 30.4. The summed E-state index contributed by atoms with van der Waals surface area (Å²) >= 11 is 0. The van der Waals surface area contributed by atoms with Gasteiger partial charge in [-0.1, -0.05) is 0 Å². The average molecular weight is 581 g/mol. The van der Waals surface area contributed by atoms with Gasteiger partial charge in [0.05, 0.1) is 26.9 Å². The Morgan fingerprint density at radius 1 is 0.605 bits per heavy atom. The number of methoxy groups -OCH3 is 3. The molecule has 6 aromatic rings. The number of hydrogen-bond acceptors (Lipinski definition) is 10. The summed E-state index contributed by atoms with van der Waals surface area (Å²) in [4.78, 5) is 26.4. The Bertz CT molecular complexity index is 2160. The first-order valence-corrected chi connectivity index (χ1v) is 12.9. The Morgan fingerprint density at radius 2 is 1.26 bits per heavy atom. The molecule has 3 N–H and O–H groups in total. The van der Waals surface area contributed by atoms with E-state index in [4.69, 9.17) is 23.0 Å². The number of rotatable bonds is 6. The average Bonchev–Trinajstić information content (AvgIpc) is 3.00. The molecule has 0 aliphatic heterocycles. The molecule has 0 radical (unpaired) electrons. The number of fused-ring (bicyclic) bond motifs is 2. The van der Waals surface area contributed by atoms with Gasteiger partial charge in [-0.3, -0.25) is 9.59 Å². The van der Waals surface area contributed by atoms with Crippen LogP contribution in [0.1, 0.15) is 0 Å². The highest BCUT2D eigenvalue weighted by atomic mass is 16.5. The zero-order valence-corrected chi connectivity index (χ0v) is 23.1. The number of hydrogen-bond donors (Lipinski definition) is 3. The van der Waals surface area contributed by atoms with Crippen molar-refractivity contribution in [2.45, 2.75) is 0 Å². The maximum Gasteiger partial charge on any atom is 0.197 e. The van der Waals surface area contributed by atoms with Crippen LogP contribution in [0.3, 0.4) is 0 Å². The predicted octanol–water partition coefficient (Wildman–Crippen LogP) is 6.04. The third-order valence-electron chi connectivity index (χ3n) is 7.09. The minimum absolute atomic E-state index is 0.0332. The lowest BCUT2D eigenvalue weighted by molar-refractivity contribution is 0.396. The van der Waals surface area contributed by atoms with E-state index in [2.05, 4.69) is 0 Å². The Labute approximate surface area is 243 Å². The van der Waals surface area contributed by atoms with E-state index >= 15 is 0 Å². The zero-order valence-electron chi connectivity index (χ0n) is 23.1. The Morgan fingerprint density at radius 3 is 1.93 bits per heavy atom. The third kappa shape index (κ3) is 4.64. The van der Waals surface area contributed by atoms with Gasteiger partial charge in [0.1, 0.15) is 62.4 Å². The van der Waals surface area contributed by atoms with Crippen LogP contribution in [0.25, 0.3) is 55.7 Å². The summed E-state index contributed by atoms with van der Waals surface area (Å²) < 4.78 is 28.5. The standard InChI is InChI=1S/C33H24O10/c1-39-19-11-27(40-2)32-24(38)14-26(42-29(32)12-19)17-6-9-21(35)20(10-17)30-28(41-3)15-23(37)31-22(36)13-25(43-33(30)31)16-4-7-18(34)8-5-16/h4-15,34-35,37H,1-3H3. The number of benzene rings is 4. The van der Waals surface area contributed by atoms with E-state index in [1.54, 1.807) is 36.4 Å². The SMILES string of the molecule is COc1cc(OC)c2c(=O)cc(-c3ccc(O)c(-c4c(OC)cc(O)c5c(=O)cc(-c6ccc(O)cc6)oc45)c3)oc2c1. The maximum absolute atomic E-state index is 13.2. The van der Waals surface area contributed by atoms with Gasteiger partial charge in [0, 0.05) is 47.0 Å². The molecule has 43 heavy (non-hydrogen) atoms. The minimum atomic E-state index is -0.537. The second kappa shape index (κ2) is 10.5. The molecule has 0 amide bonds. The van der Waals surface area contributed by atoms with Crippen molar-refractivity contribution in [3.05, 3.63) is 93.2 Å². The molecule has 0 aliphatic carbocycles. The molecule has 0 saturated heterocycles. The van der Waals surface area contributed by atoms with Gasteiger partial charge in [-0.2, -0.15) is 0 Å². The molecule has 0 spiro atoms. The molecule has 2 heterocycles. The number of ether oxygens (including phenoxy) is 3. The van der Waals surface area contributed by atoms with Crippen LogP contribution in [0, 0.1) is 0 Å². The van der Waals surface area contributed by atoms with Gasteiger partial charge in [-0.05, 0) is 42.5 Å². The molecule has 2 aromatic heterocycles. The predicted molar refractivity (Wildman–Crippen MR) is 159 cm³/mol. The molecule has 10 heteroatoms. The fourth-order valence-corrected chi connectivity index (χ4v) is 5.02. The van der Waals surface area contributed by atoms with E-state index < -0.39 is 5.43 Å². The van der Waals surface area contributed by atoms with Gasteiger partial charge in [0.2, 0.25) is 0 Å². The fraction of sp³-hybridized carbons (Fsp3) is 0.0909. The highest BCUT2D eigenvalue weighted by Gasteiger charge is 2.23. The van der Waals surface area contributed by atoms with E-state index in [-0.39, 0.29) is 73.0 Å². The molecule has 216 valence electrons. The third-order valence-corrected chi connectivity index (χ3v) is 7.09. The second-order valence-electron chi connectivity index (χ2n) is 9.61. The molecule has 0 atom stereocenters. The monoisotopic (exact) mass is 580 g/mol. The summed E-state index contributed by atoms with van der Waals surface area (Å²) in [5.74, 6) is 0.632. The molecular weight excluding hydrogens is 556 g/mol. The molecule has 4 aromatic carbocycles. The van der Waals surface area contributed by atoms with Crippen LogP contribution in [0.15, 0.2) is 91.2 Å². The van der Waals surface area contributed by atoms with E-state index in [1.165, 1.54) is 57.7 Å². The van der Waals surface area contributed by atoms with Crippen molar-refractivity contribution in [2.75, 3.05) is 21.3 Å². The summed E-state index contributed by atoms with van der Waals surface area (Å²) in [6.45, 7) is 0.